The molecule has 0 radical (unpaired) electrons. The van der Waals surface area contributed by atoms with E-state index in [-0.39, 0.29) is 0 Å². The molecular formula is C13H21NOS. The summed E-state index contributed by atoms with van der Waals surface area (Å²) in [5, 5.41) is 3.45. The molecular weight excluding hydrogens is 218 g/mol. The summed E-state index contributed by atoms with van der Waals surface area (Å²) in [5.74, 6) is 0.785. The quantitative estimate of drug-likeness (QED) is 0.772. The Bertz CT molecular complexity index is 352. The maximum absolute atomic E-state index is 10.9. The summed E-state index contributed by atoms with van der Waals surface area (Å²) >= 11 is 0. The van der Waals surface area contributed by atoms with Crippen LogP contribution in [0.15, 0.2) is 24.3 Å². The van der Waals surface area contributed by atoms with E-state index in [9.17, 15) is 4.21 Å². The molecule has 3 heteroatoms. The normalized spacial score (nSPS) is 14.7. The molecule has 0 spiro atoms. The highest BCUT2D eigenvalue weighted by atomic mass is 32.2. The van der Waals surface area contributed by atoms with Crippen LogP contribution in [0.1, 0.15) is 30.5 Å². The Morgan fingerprint density at radius 2 is 2.19 bits per heavy atom. The molecule has 90 valence electrons. The van der Waals surface area contributed by atoms with E-state index in [1.54, 1.807) is 6.26 Å². The van der Waals surface area contributed by atoms with Crippen molar-refractivity contribution in [2.75, 3.05) is 18.6 Å². The summed E-state index contributed by atoms with van der Waals surface area (Å²) < 4.78 is 10.9. The zero-order valence-corrected chi connectivity index (χ0v) is 11.1. The minimum Gasteiger partial charge on any atom is -0.310 e. The van der Waals surface area contributed by atoms with Crippen molar-refractivity contribution in [3.05, 3.63) is 35.4 Å². The number of benzene rings is 1. The monoisotopic (exact) mass is 239 g/mol. The molecule has 0 saturated heterocycles. The van der Waals surface area contributed by atoms with Gasteiger partial charge < -0.3 is 5.32 Å². The Labute approximate surface area is 101 Å². The van der Waals surface area contributed by atoms with Crippen molar-refractivity contribution in [1.29, 1.82) is 0 Å². The second-order valence-corrected chi connectivity index (χ2v) is 5.78. The highest BCUT2D eigenvalue weighted by Gasteiger charge is 2.03. The maximum atomic E-state index is 10.9. The van der Waals surface area contributed by atoms with E-state index in [2.05, 4.69) is 43.4 Å². The van der Waals surface area contributed by atoms with Crippen LogP contribution in [0.25, 0.3) is 0 Å². The van der Waals surface area contributed by atoms with Crippen LogP contribution in [0, 0.1) is 6.92 Å². The topological polar surface area (TPSA) is 29.1 Å². The number of aryl methyl sites for hydroxylation is 1. The van der Waals surface area contributed by atoms with Crippen LogP contribution < -0.4 is 5.32 Å². The van der Waals surface area contributed by atoms with E-state index in [1.807, 2.05) is 0 Å². The van der Waals surface area contributed by atoms with Crippen LogP contribution in [0.3, 0.4) is 0 Å². The summed E-state index contributed by atoms with van der Waals surface area (Å²) in [6.07, 6.45) is 2.73. The number of rotatable bonds is 6. The lowest BCUT2D eigenvalue weighted by molar-refractivity contribution is 0.570. The first-order valence-electron chi connectivity index (χ1n) is 5.69. The average Bonchev–Trinajstić information content (AvgIpc) is 2.24. The summed E-state index contributed by atoms with van der Waals surface area (Å²) in [7, 11) is -0.668. The number of nitrogens with one attached hydrogen (secondary N) is 1. The molecule has 0 aromatic heterocycles. The van der Waals surface area contributed by atoms with Gasteiger partial charge in [-0.25, -0.2) is 0 Å². The zero-order chi connectivity index (χ0) is 12.0. The molecule has 1 aromatic rings. The predicted molar refractivity (Wildman–Crippen MR) is 71.1 cm³/mol. The standard InChI is InChI=1S/C13H21NOS/c1-11-6-4-7-13(10-11)12(2)14-8-5-9-16(3)15/h4,6-7,10,12,14H,5,8-9H2,1-3H3. The third-order valence-electron chi connectivity index (χ3n) is 2.60. The number of hydrogen-bond donors (Lipinski definition) is 1. The average molecular weight is 239 g/mol. The number of hydrogen-bond acceptors (Lipinski definition) is 2. The Hall–Kier alpha value is -0.670. The van der Waals surface area contributed by atoms with Gasteiger partial charge in [-0.05, 0) is 32.4 Å². The molecule has 0 saturated carbocycles. The second kappa shape index (κ2) is 6.81. The van der Waals surface area contributed by atoms with Crippen molar-refractivity contribution in [3.8, 4) is 0 Å². The highest BCUT2D eigenvalue weighted by molar-refractivity contribution is 7.84. The van der Waals surface area contributed by atoms with E-state index in [4.69, 9.17) is 0 Å². The van der Waals surface area contributed by atoms with E-state index in [0.717, 1.165) is 18.7 Å². The fraction of sp³-hybridized carbons (Fsp3) is 0.538. The first-order chi connectivity index (χ1) is 7.59. The Morgan fingerprint density at radius 3 is 2.81 bits per heavy atom. The Balaban J connectivity index is 2.35. The van der Waals surface area contributed by atoms with Gasteiger partial charge in [0.2, 0.25) is 0 Å². The van der Waals surface area contributed by atoms with E-state index in [1.165, 1.54) is 11.1 Å². The SMILES string of the molecule is Cc1cccc(C(C)NCCCS(C)=O)c1. The van der Waals surface area contributed by atoms with Gasteiger partial charge in [0, 0.05) is 28.9 Å². The Morgan fingerprint density at radius 1 is 1.44 bits per heavy atom. The molecule has 0 aliphatic heterocycles. The smallest absolute Gasteiger partial charge is 0.0291 e. The van der Waals surface area contributed by atoms with Crippen LogP contribution in [0.5, 0.6) is 0 Å². The third kappa shape index (κ3) is 4.90. The van der Waals surface area contributed by atoms with Crippen LogP contribution in [-0.4, -0.2) is 22.8 Å². The lowest BCUT2D eigenvalue weighted by Gasteiger charge is -2.14. The van der Waals surface area contributed by atoms with Gasteiger partial charge in [-0.15, -0.1) is 0 Å². The van der Waals surface area contributed by atoms with Gasteiger partial charge in [0.25, 0.3) is 0 Å². The molecule has 0 bridgehead atoms. The van der Waals surface area contributed by atoms with Gasteiger partial charge in [0.05, 0.1) is 0 Å². The largest absolute Gasteiger partial charge is 0.310 e. The molecule has 1 rings (SSSR count). The molecule has 2 nitrogen and oxygen atoms in total. The van der Waals surface area contributed by atoms with Crippen molar-refractivity contribution in [3.63, 3.8) is 0 Å². The van der Waals surface area contributed by atoms with Gasteiger partial charge in [0.1, 0.15) is 0 Å². The molecule has 0 amide bonds. The minimum absolute atomic E-state index is 0.366. The molecule has 1 aromatic carbocycles. The van der Waals surface area contributed by atoms with Crippen LogP contribution in [0.4, 0.5) is 0 Å². The van der Waals surface area contributed by atoms with Gasteiger partial charge >= 0.3 is 0 Å². The van der Waals surface area contributed by atoms with Crippen LogP contribution >= 0.6 is 0 Å². The second-order valence-electron chi connectivity index (χ2n) is 4.22. The Kier molecular flexibility index (Phi) is 5.71. The summed E-state index contributed by atoms with van der Waals surface area (Å²) in [4.78, 5) is 0. The minimum atomic E-state index is -0.668. The molecule has 0 aliphatic carbocycles. The lowest BCUT2D eigenvalue weighted by Crippen LogP contribution is -2.21. The lowest BCUT2D eigenvalue weighted by atomic mass is 10.1. The van der Waals surface area contributed by atoms with Crippen LogP contribution in [-0.2, 0) is 10.8 Å². The highest BCUT2D eigenvalue weighted by Crippen LogP contribution is 2.13. The van der Waals surface area contributed by atoms with E-state index >= 15 is 0 Å². The molecule has 16 heavy (non-hydrogen) atoms. The molecule has 0 aliphatic rings. The van der Waals surface area contributed by atoms with Crippen molar-refractivity contribution in [2.45, 2.75) is 26.3 Å². The fourth-order valence-electron chi connectivity index (χ4n) is 1.65. The summed E-state index contributed by atoms with van der Waals surface area (Å²) in [6, 6.07) is 8.91. The van der Waals surface area contributed by atoms with Crippen LogP contribution in [0.2, 0.25) is 0 Å². The third-order valence-corrected chi connectivity index (χ3v) is 3.46. The van der Waals surface area contributed by atoms with Gasteiger partial charge in [-0.1, -0.05) is 29.8 Å². The van der Waals surface area contributed by atoms with Gasteiger partial charge in [0.15, 0.2) is 0 Å². The molecule has 2 atom stereocenters. The van der Waals surface area contributed by atoms with E-state index < -0.39 is 10.8 Å². The van der Waals surface area contributed by atoms with Crippen molar-refractivity contribution in [1.82, 2.24) is 5.32 Å². The summed E-state index contributed by atoms with van der Waals surface area (Å²) in [5.41, 5.74) is 2.61. The molecule has 1 N–H and O–H groups in total. The first-order valence-corrected chi connectivity index (χ1v) is 7.42. The molecule has 2 unspecified atom stereocenters. The van der Waals surface area contributed by atoms with Gasteiger partial charge in [-0.3, -0.25) is 4.21 Å². The van der Waals surface area contributed by atoms with Crippen molar-refractivity contribution in [2.24, 2.45) is 0 Å². The van der Waals surface area contributed by atoms with Crippen molar-refractivity contribution >= 4 is 10.8 Å². The van der Waals surface area contributed by atoms with Crippen molar-refractivity contribution < 1.29 is 4.21 Å². The fourth-order valence-corrected chi connectivity index (χ4v) is 2.20. The summed E-state index contributed by atoms with van der Waals surface area (Å²) in [6.45, 7) is 5.20. The zero-order valence-electron chi connectivity index (χ0n) is 10.3. The predicted octanol–water partition coefficient (Wildman–Crippen LogP) is 2.41. The molecule has 0 fully saturated rings. The molecule has 0 heterocycles. The van der Waals surface area contributed by atoms with Gasteiger partial charge in [-0.2, -0.15) is 0 Å². The van der Waals surface area contributed by atoms with E-state index in [0.29, 0.717) is 6.04 Å². The maximum Gasteiger partial charge on any atom is 0.0291 e. The first kappa shape index (κ1) is 13.4.